The largest absolute Gasteiger partial charge is 0.298 e. The predicted molar refractivity (Wildman–Crippen MR) is 79.2 cm³/mol. The van der Waals surface area contributed by atoms with Crippen LogP contribution in [-0.4, -0.2) is 14.8 Å². The Hall–Kier alpha value is -1.35. The molecule has 1 aromatic carbocycles. The van der Waals surface area contributed by atoms with Crippen LogP contribution in [0.25, 0.3) is 11.4 Å². The van der Waals surface area contributed by atoms with E-state index in [4.69, 9.17) is 11.6 Å². The number of halogens is 1. The number of hydrogen-bond donors (Lipinski definition) is 0. The molecule has 3 nitrogen and oxygen atoms in total. The van der Waals surface area contributed by atoms with Crippen LogP contribution < -0.4 is 0 Å². The van der Waals surface area contributed by atoms with E-state index in [1.54, 1.807) is 0 Å². The molecule has 2 aromatic rings. The summed E-state index contributed by atoms with van der Waals surface area (Å²) in [5, 5.41) is 8.64. The van der Waals surface area contributed by atoms with E-state index < -0.39 is 0 Å². The summed E-state index contributed by atoms with van der Waals surface area (Å²) in [5.41, 5.74) is 1.06. The van der Waals surface area contributed by atoms with Gasteiger partial charge in [-0.15, -0.1) is 10.2 Å². The number of benzene rings is 1. The molecule has 0 aliphatic heterocycles. The molecule has 1 heterocycles. The van der Waals surface area contributed by atoms with Gasteiger partial charge in [-0.05, 0) is 23.9 Å². The van der Waals surface area contributed by atoms with Crippen molar-refractivity contribution in [3.63, 3.8) is 0 Å². The zero-order valence-electron chi connectivity index (χ0n) is 11.5. The van der Waals surface area contributed by atoms with Crippen LogP contribution in [0.4, 0.5) is 0 Å². The molecule has 0 aliphatic rings. The summed E-state index contributed by atoms with van der Waals surface area (Å²) in [4.78, 5) is 0. The van der Waals surface area contributed by atoms with Gasteiger partial charge in [-0.25, -0.2) is 0 Å². The summed E-state index contributed by atoms with van der Waals surface area (Å²) in [5.74, 6) is 1.61. The molecule has 0 amide bonds. The normalized spacial score (nSPS) is 11.2. The zero-order valence-corrected chi connectivity index (χ0v) is 12.3. The lowest BCUT2D eigenvalue weighted by molar-refractivity contribution is 0.510. The Kier molecular flexibility index (Phi) is 4.97. The molecular weight excluding hydrogens is 258 g/mol. The maximum atomic E-state index is 6.13. The highest BCUT2D eigenvalue weighted by molar-refractivity contribution is 6.28. The average Bonchev–Trinajstić information content (AvgIpc) is 2.77. The van der Waals surface area contributed by atoms with Gasteiger partial charge < -0.3 is 0 Å². The highest BCUT2D eigenvalue weighted by Gasteiger charge is 2.11. The first-order valence-electron chi connectivity index (χ1n) is 6.82. The summed E-state index contributed by atoms with van der Waals surface area (Å²) in [6.45, 7) is 5.38. The second kappa shape index (κ2) is 6.71. The molecule has 0 fully saturated rings. The quantitative estimate of drug-likeness (QED) is 0.732. The topological polar surface area (TPSA) is 30.7 Å². The lowest BCUT2D eigenvalue weighted by atomic mass is 10.1. The molecule has 4 heteroatoms. The van der Waals surface area contributed by atoms with E-state index in [9.17, 15) is 0 Å². The van der Waals surface area contributed by atoms with E-state index in [0.717, 1.165) is 30.3 Å². The molecule has 19 heavy (non-hydrogen) atoms. The summed E-state index contributed by atoms with van der Waals surface area (Å²) in [6.07, 6.45) is 3.57. The third-order valence-corrected chi connectivity index (χ3v) is 3.43. The van der Waals surface area contributed by atoms with Crippen molar-refractivity contribution in [3.8, 4) is 11.4 Å². The molecule has 0 saturated carbocycles. The number of aromatic nitrogens is 3. The first kappa shape index (κ1) is 14.1. The minimum absolute atomic E-state index is 0.475. The number of rotatable bonds is 6. The molecule has 0 aliphatic carbocycles. The van der Waals surface area contributed by atoms with Gasteiger partial charge in [0.15, 0.2) is 5.82 Å². The molecule has 0 N–H and O–H groups in total. The number of hydrogen-bond acceptors (Lipinski definition) is 2. The predicted octanol–water partition coefficient (Wildman–Crippen LogP) is 4.42. The molecule has 0 unspecified atom stereocenters. The van der Waals surface area contributed by atoms with Crippen molar-refractivity contribution < 1.29 is 0 Å². The lowest BCUT2D eigenvalue weighted by Crippen LogP contribution is -2.02. The minimum atomic E-state index is 0.475. The second-order valence-corrected chi connectivity index (χ2v) is 5.54. The lowest BCUT2D eigenvalue weighted by Gasteiger charge is -2.08. The van der Waals surface area contributed by atoms with Gasteiger partial charge in [0, 0.05) is 12.1 Å². The van der Waals surface area contributed by atoms with E-state index in [-0.39, 0.29) is 0 Å². The Labute approximate surface area is 119 Å². The zero-order chi connectivity index (χ0) is 13.7. The van der Waals surface area contributed by atoms with Gasteiger partial charge in [-0.1, -0.05) is 57.0 Å². The maximum absolute atomic E-state index is 6.13. The molecule has 2 rings (SSSR count). The fraction of sp³-hybridized carbons (Fsp3) is 0.467. The second-order valence-electron chi connectivity index (χ2n) is 5.20. The Balaban J connectivity index is 2.06. The SMILES string of the molecule is CC(C)CCCCn1c(Cl)nnc1-c1ccccc1. The van der Waals surface area contributed by atoms with Crippen LogP contribution in [0.2, 0.25) is 5.28 Å². The van der Waals surface area contributed by atoms with Crippen LogP contribution in [0, 0.1) is 5.92 Å². The van der Waals surface area contributed by atoms with Gasteiger partial charge in [-0.3, -0.25) is 4.57 Å². The van der Waals surface area contributed by atoms with Crippen LogP contribution in [0.5, 0.6) is 0 Å². The van der Waals surface area contributed by atoms with Crippen LogP contribution in [0.15, 0.2) is 30.3 Å². The molecular formula is C15H20ClN3. The van der Waals surface area contributed by atoms with E-state index in [0.29, 0.717) is 5.28 Å². The molecule has 0 radical (unpaired) electrons. The Morgan fingerprint density at radius 2 is 1.84 bits per heavy atom. The van der Waals surface area contributed by atoms with Crippen molar-refractivity contribution in [2.75, 3.05) is 0 Å². The van der Waals surface area contributed by atoms with Crippen molar-refractivity contribution >= 4 is 11.6 Å². The van der Waals surface area contributed by atoms with Crippen LogP contribution in [0.3, 0.4) is 0 Å². The highest BCUT2D eigenvalue weighted by atomic mass is 35.5. The summed E-state index contributed by atoms with van der Waals surface area (Å²) in [6, 6.07) is 10.1. The first-order valence-corrected chi connectivity index (χ1v) is 7.20. The molecule has 0 bridgehead atoms. The summed E-state index contributed by atoms with van der Waals surface area (Å²) >= 11 is 6.13. The van der Waals surface area contributed by atoms with Gasteiger partial charge in [0.2, 0.25) is 5.28 Å². The van der Waals surface area contributed by atoms with E-state index >= 15 is 0 Å². The van der Waals surface area contributed by atoms with Gasteiger partial charge in [0.1, 0.15) is 0 Å². The molecule has 0 saturated heterocycles. The minimum Gasteiger partial charge on any atom is -0.298 e. The standard InChI is InChI=1S/C15H20ClN3/c1-12(2)8-6-7-11-19-14(17-18-15(19)16)13-9-4-3-5-10-13/h3-5,9-10,12H,6-8,11H2,1-2H3. The van der Waals surface area contributed by atoms with Gasteiger partial charge >= 0.3 is 0 Å². The third-order valence-electron chi connectivity index (χ3n) is 3.15. The fourth-order valence-corrected chi connectivity index (χ4v) is 2.31. The summed E-state index contributed by atoms with van der Waals surface area (Å²) in [7, 11) is 0. The smallest absolute Gasteiger partial charge is 0.225 e. The first-order chi connectivity index (χ1) is 9.18. The maximum Gasteiger partial charge on any atom is 0.225 e. The van der Waals surface area contributed by atoms with Crippen molar-refractivity contribution in [3.05, 3.63) is 35.6 Å². The van der Waals surface area contributed by atoms with E-state index in [1.807, 2.05) is 34.9 Å². The third kappa shape index (κ3) is 3.80. The van der Waals surface area contributed by atoms with Crippen molar-refractivity contribution in [1.82, 2.24) is 14.8 Å². The molecule has 0 atom stereocenters. The number of nitrogens with zero attached hydrogens (tertiary/aromatic N) is 3. The van der Waals surface area contributed by atoms with Gasteiger partial charge in [-0.2, -0.15) is 0 Å². The summed E-state index contributed by atoms with van der Waals surface area (Å²) < 4.78 is 2.00. The van der Waals surface area contributed by atoms with Crippen LogP contribution in [-0.2, 0) is 6.54 Å². The Morgan fingerprint density at radius 3 is 2.53 bits per heavy atom. The highest BCUT2D eigenvalue weighted by Crippen LogP contribution is 2.21. The average molecular weight is 278 g/mol. The Bertz CT molecular complexity index is 505. The van der Waals surface area contributed by atoms with E-state index in [2.05, 4.69) is 24.0 Å². The molecule has 0 spiro atoms. The van der Waals surface area contributed by atoms with Crippen molar-refractivity contribution in [2.45, 2.75) is 39.7 Å². The number of unbranched alkanes of at least 4 members (excludes halogenated alkanes) is 1. The molecule has 1 aromatic heterocycles. The van der Waals surface area contributed by atoms with Crippen LogP contribution in [0.1, 0.15) is 33.1 Å². The molecule has 102 valence electrons. The van der Waals surface area contributed by atoms with Crippen molar-refractivity contribution in [2.24, 2.45) is 5.92 Å². The monoisotopic (exact) mass is 277 g/mol. The van der Waals surface area contributed by atoms with Gasteiger partial charge in [0.25, 0.3) is 0 Å². The Morgan fingerprint density at radius 1 is 1.11 bits per heavy atom. The van der Waals surface area contributed by atoms with Crippen molar-refractivity contribution in [1.29, 1.82) is 0 Å². The fourth-order valence-electron chi connectivity index (χ4n) is 2.11. The van der Waals surface area contributed by atoms with E-state index in [1.165, 1.54) is 12.8 Å². The van der Waals surface area contributed by atoms with Gasteiger partial charge in [0.05, 0.1) is 0 Å². The van der Waals surface area contributed by atoms with Crippen LogP contribution >= 0.6 is 11.6 Å².